The molecule has 0 spiro atoms. The number of benzene rings is 2. The molecule has 1 heterocycles. The number of nitrogens with one attached hydrogen (secondary N) is 1. The third-order valence-electron chi connectivity index (χ3n) is 3.89. The molecule has 5 heteroatoms. The van der Waals surface area contributed by atoms with Crippen LogP contribution in [-0.4, -0.2) is 16.4 Å². The fourth-order valence-electron chi connectivity index (χ4n) is 2.74. The third kappa shape index (κ3) is 3.06. The van der Waals surface area contributed by atoms with Crippen LogP contribution in [0.25, 0.3) is 10.9 Å². The van der Waals surface area contributed by atoms with Gasteiger partial charge in [0.1, 0.15) is 5.82 Å². The standard InChI is InChI=1S/C19H17FN2O2/c1-12-4-3-5-14(8-12)10-21-19(24)17-11-22(13(2)23)18-7-6-15(20)9-16(17)18/h3-9,11H,10H2,1-2H3,(H,21,24). The minimum Gasteiger partial charge on any atom is -0.348 e. The molecule has 0 fully saturated rings. The first-order chi connectivity index (χ1) is 11.5. The molecule has 0 aliphatic rings. The number of hydrogen-bond donors (Lipinski definition) is 1. The van der Waals surface area contributed by atoms with Crippen molar-refractivity contribution in [1.82, 2.24) is 9.88 Å². The van der Waals surface area contributed by atoms with Gasteiger partial charge in [-0.25, -0.2) is 4.39 Å². The summed E-state index contributed by atoms with van der Waals surface area (Å²) < 4.78 is 14.9. The minimum atomic E-state index is -0.448. The van der Waals surface area contributed by atoms with E-state index in [9.17, 15) is 14.0 Å². The van der Waals surface area contributed by atoms with Crippen LogP contribution < -0.4 is 5.32 Å². The Morgan fingerprint density at radius 3 is 2.67 bits per heavy atom. The van der Waals surface area contributed by atoms with E-state index in [2.05, 4.69) is 5.32 Å². The van der Waals surface area contributed by atoms with Gasteiger partial charge in [0.05, 0.1) is 11.1 Å². The third-order valence-corrected chi connectivity index (χ3v) is 3.89. The predicted molar refractivity (Wildman–Crippen MR) is 90.5 cm³/mol. The lowest BCUT2D eigenvalue weighted by atomic mass is 10.1. The average molecular weight is 324 g/mol. The second-order valence-electron chi connectivity index (χ2n) is 5.76. The molecule has 1 aromatic heterocycles. The summed E-state index contributed by atoms with van der Waals surface area (Å²) in [5.41, 5.74) is 2.89. The number of rotatable bonds is 3. The van der Waals surface area contributed by atoms with Crippen LogP contribution in [0.5, 0.6) is 0 Å². The first-order valence-corrected chi connectivity index (χ1v) is 7.61. The molecule has 0 atom stereocenters. The number of aromatic nitrogens is 1. The van der Waals surface area contributed by atoms with E-state index in [1.807, 2.05) is 31.2 Å². The molecule has 0 saturated carbocycles. The van der Waals surface area contributed by atoms with Crippen LogP contribution in [0.2, 0.25) is 0 Å². The zero-order chi connectivity index (χ0) is 17.3. The smallest absolute Gasteiger partial charge is 0.253 e. The number of halogens is 1. The van der Waals surface area contributed by atoms with Crippen molar-refractivity contribution < 1.29 is 14.0 Å². The van der Waals surface area contributed by atoms with E-state index in [-0.39, 0.29) is 17.4 Å². The number of fused-ring (bicyclic) bond motifs is 1. The van der Waals surface area contributed by atoms with Crippen molar-refractivity contribution in [2.45, 2.75) is 20.4 Å². The maximum Gasteiger partial charge on any atom is 0.253 e. The van der Waals surface area contributed by atoms with Crippen molar-refractivity contribution in [3.8, 4) is 0 Å². The first-order valence-electron chi connectivity index (χ1n) is 7.61. The molecule has 1 N–H and O–H groups in total. The maximum atomic E-state index is 13.6. The molecule has 122 valence electrons. The number of amides is 1. The number of hydrogen-bond acceptors (Lipinski definition) is 2. The summed E-state index contributed by atoms with van der Waals surface area (Å²) in [6, 6.07) is 11.9. The van der Waals surface area contributed by atoms with Gasteiger partial charge in [-0.15, -0.1) is 0 Å². The Kier molecular flexibility index (Phi) is 4.16. The van der Waals surface area contributed by atoms with E-state index in [1.165, 1.54) is 35.9 Å². The van der Waals surface area contributed by atoms with E-state index in [0.717, 1.165) is 11.1 Å². The summed E-state index contributed by atoms with van der Waals surface area (Å²) in [4.78, 5) is 24.2. The Morgan fingerprint density at radius 1 is 1.17 bits per heavy atom. The van der Waals surface area contributed by atoms with Gasteiger partial charge >= 0.3 is 0 Å². The Labute approximate surface area is 138 Å². The highest BCUT2D eigenvalue weighted by Crippen LogP contribution is 2.22. The van der Waals surface area contributed by atoms with Gasteiger partial charge in [-0.2, -0.15) is 0 Å². The summed E-state index contributed by atoms with van der Waals surface area (Å²) in [5, 5.41) is 3.24. The molecule has 2 aromatic carbocycles. The summed E-state index contributed by atoms with van der Waals surface area (Å²) >= 11 is 0. The second kappa shape index (κ2) is 6.28. The van der Waals surface area contributed by atoms with Gasteiger partial charge in [0.25, 0.3) is 5.91 Å². The highest BCUT2D eigenvalue weighted by Gasteiger charge is 2.17. The normalized spacial score (nSPS) is 10.8. The van der Waals surface area contributed by atoms with E-state index in [1.54, 1.807) is 0 Å². The van der Waals surface area contributed by atoms with Gasteiger partial charge in [0.2, 0.25) is 5.91 Å². The van der Waals surface area contributed by atoms with E-state index < -0.39 is 5.82 Å². The molecule has 3 aromatic rings. The molecule has 0 aliphatic heterocycles. The number of nitrogens with zero attached hydrogens (tertiary/aromatic N) is 1. The van der Waals surface area contributed by atoms with Crippen molar-refractivity contribution >= 4 is 22.7 Å². The van der Waals surface area contributed by atoms with Crippen molar-refractivity contribution in [3.63, 3.8) is 0 Å². The van der Waals surface area contributed by atoms with Gasteiger partial charge in [0.15, 0.2) is 0 Å². The zero-order valence-corrected chi connectivity index (χ0v) is 13.5. The largest absolute Gasteiger partial charge is 0.348 e. The monoisotopic (exact) mass is 324 g/mol. The molecule has 0 saturated heterocycles. The van der Waals surface area contributed by atoms with Crippen LogP contribution in [0, 0.1) is 12.7 Å². The molecule has 0 aliphatic carbocycles. The van der Waals surface area contributed by atoms with Crippen LogP contribution in [0.1, 0.15) is 33.2 Å². The second-order valence-corrected chi connectivity index (χ2v) is 5.76. The van der Waals surface area contributed by atoms with Crippen LogP contribution >= 0.6 is 0 Å². The van der Waals surface area contributed by atoms with E-state index in [4.69, 9.17) is 0 Å². The molecular formula is C19H17FN2O2. The molecule has 24 heavy (non-hydrogen) atoms. The van der Waals surface area contributed by atoms with Crippen molar-refractivity contribution in [2.24, 2.45) is 0 Å². The summed E-state index contributed by atoms with van der Waals surface area (Å²) in [6.07, 6.45) is 1.46. The number of carbonyl (C=O) groups is 2. The predicted octanol–water partition coefficient (Wildman–Crippen LogP) is 3.68. The quantitative estimate of drug-likeness (QED) is 0.799. The van der Waals surface area contributed by atoms with Crippen LogP contribution in [0.4, 0.5) is 4.39 Å². The Balaban J connectivity index is 1.92. The molecule has 1 amide bonds. The lowest BCUT2D eigenvalue weighted by molar-refractivity contribution is 0.0941. The summed E-state index contributed by atoms with van der Waals surface area (Å²) in [6.45, 7) is 3.74. The van der Waals surface area contributed by atoms with E-state index >= 15 is 0 Å². The van der Waals surface area contributed by atoms with E-state index in [0.29, 0.717) is 17.4 Å². The fourth-order valence-corrected chi connectivity index (χ4v) is 2.74. The molecule has 0 radical (unpaired) electrons. The maximum absolute atomic E-state index is 13.6. The van der Waals surface area contributed by atoms with Crippen molar-refractivity contribution in [3.05, 3.63) is 71.2 Å². The molecule has 0 bridgehead atoms. The number of aryl methyl sites for hydroxylation is 1. The van der Waals surface area contributed by atoms with Gasteiger partial charge < -0.3 is 5.32 Å². The SMILES string of the molecule is CC(=O)n1cc(C(=O)NCc2cccc(C)c2)c2cc(F)ccc21. The van der Waals surface area contributed by atoms with Gasteiger partial charge in [0, 0.05) is 25.1 Å². The Bertz CT molecular complexity index is 944. The van der Waals surface area contributed by atoms with Crippen molar-refractivity contribution in [1.29, 1.82) is 0 Å². The lowest BCUT2D eigenvalue weighted by Crippen LogP contribution is -2.22. The zero-order valence-electron chi connectivity index (χ0n) is 13.5. The molecule has 3 rings (SSSR count). The van der Waals surface area contributed by atoms with Crippen LogP contribution in [0.3, 0.4) is 0 Å². The Hall–Kier alpha value is -2.95. The average Bonchev–Trinajstić information content (AvgIpc) is 2.91. The van der Waals surface area contributed by atoms with Crippen LogP contribution in [0.15, 0.2) is 48.7 Å². The minimum absolute atomic E-state index is 0.232. The summed E-state index contributed by atoms with van der Waals surface area (Å²) in [5.74, 6) is -1.02. The molecular weight excluding hydrogens is 307 g/mol. The van der Waals surface area contributed by atoms with Gasteiger partial charge in [-0.1, -0.05) is 29.8 Å². The van der Waals surface area contributed by atoms with Gasteiger partial charge in [-0.3, -0.25) is 14.2 Å². The molecule has 0 unspecified atom stereocenters. The van der Waals surface area contributed by atoms with Gasteiger partial charge in [-0.05, 0) is 30.7 Å². The highest BCUT2D eigenvalue weighted by atomic mass is 19.1. The molecule has 4 nitrogen and oxygen atoms in total. The number of carbonyl (C=O) groups excluding carboxylic acids is 2. The fraction of sp³-hybridized carbons (Fsp3) is 0.158. The highest BCUT2D eigenvalue weighted by molar-refractivity contribution is 6.09. The first kappa shape index (κ1) is 15.9. The lowest BCUT2D eigenvalue weighted by Gasteiger charge is -2.05. The van der Waals surface area contributed by atoms with Crippen LogP contribution in [-0.2, 0) is 6.54 Å². The van der Waals surface area contributed by atoms with Crippen molar-refractivity contribution in [2.75, 3.05) is 0 Å². The topological polar surface area (TPSA) is 51.1 Å². The Morgan fingerprint density at radius 2 is 1.96 bits per heavy atom. The summed E-state index contributed by atoms with van der Waals surface area (Å²) in [7, 11) is 0.